The van der Waals surface area contributed by atoms with Gasteiger partial charge in [-0.2, -0.15) is 0 Å². The molecule has 1 aliphatic heterocycles. The highest BCUT2D eigenvalue weighted by Gasteiger charge is 2.29. The maximum absolute atomic E-state index is 15.9. The van der Waals surface area contributed by atoms with Crippen LogP contribution in [0.3, 0.4) is 0 Å². The maximum atomic E-state index is 15.9. The normalized spacial score (nSPS) is 13.3. The van der Waals surface area contributed by atoms with E-state index in [4.69, 9.17) is 15.2 Å². The molecule has 0 saturated carbocycles. The van der Waals surface area contributed by atoms with Crippen LogP contribution in [0.1, 0.15) is 26.3 Å². The molecule has 2 aromatic heterocycles. The number of amides is 2. The van der Waals surface area contributed by atoms with E-state index in [0.29, 0.717) is 21.9 Å². The van der Waals surface area contributed by atoms with Crippen LogP contribution in [0.15, 0.2) is 24.5 Å². The molecular formula is C23H24FN5O5. The van der Waals surface area contributed by atoms with Crippen LogP contribution in [0.25, 0.3) is 21.9 Å². The van der Waals surface area contributed by atoms with E-state index in [2.05, 4.69) is 15.3 Å². The first-order valence-electron chi connectivity index (χ1n) is 10.5. The van der Waals surface area contributed by atoms with Gasteiger partial charge in [0.05, 0.1) is 12.2 Å². The second-order valence-electron chi connectivity index (χ2n) is 8.80. The molecule has 4 N–H and O–H groups in total. The first-order valence-corrected chi connectivity index (χ1v) is 10.5. The van der Waals surface area contributed by atoms with Gasteiger partial charge in [-0.3, -0.25) is 10.2 Å². The van der Waals surface area contributed by atoms with Crippen molar-refractivity contribution in [3.8, 4) is 17.0 Å². The molecule has 0 bridgehead atoms. The smallest absolute Gasteiger partial charge is 0.412 e. The molecule has 0 unspecified atom stereocenters. The van der Waals surface area contributed by atoms with Gasteiger partial charge in [0.2, 0.25) is 5.88 Å². The van der Waals surface area contributed by atoms with E-state index in [1.165, 1.54) is 12.4 Å². The third-order valence-electron chi connectivity index (χ3n) is 5.23. The molecule has 178 valence electrons. The first-order chi connectivity index (χ1) is 16.0. The molecule has 34 heavy (non-hydrogen) atoms. The van der Waals surface area contributed by atoms with Gasteiger partial charge in [0.25, 0.3) is 0 Å². The Morgan fingerprint density at radius 2 is 1.97 bits per heavy atom. The van der Waals surface area contributed by atoms with E-state index in [9.17, 15) is 14.7 Å². The number of nitrogens with one attached hydrogen (secondary N) is 1. The monoisotopic (exact) mass is 469 g/mol. The number of carbonyl (C=O) groups excluding carboxylic acids is 1. The average molecular weight is 469 g/mol. The topological polar surface area (TPSA) is 140 Å². The van der Waals surface area contributed by atoms with Crippen molar-refractivity contribution in [1.29, 1.82) is 0 Å². The van der Waals surface area contributed by atoms with Crippen LogP contribution < -0.4 is 20.7 Å². The Morgan fingerprint density at radius 3 is 2.65 bits per heavy atom. The number of nitrogens with two attached hydrogens (primary N) is 1. The molecule has 0 aliphatic carbocycles. The molecule has 0 radical (unpaired) electrons. The molecule has 0 fully saturated rings. The fourth-order valence-electron chi connectivity index (χ4n) is 3.81. The van der Waals surface area contributed by atoms with Crippen molar-refractivity contribution in [2.75, 3.05) is 29.1 Å². The summed E-state index contributed by atoms with van der Waals surface area (Å²) in [6.45, 7) is 7.01. The van der Waals surface area contributed by atoms with Crippen molar-refractivity contribution in [3.63, 3.8) is 0 Å². The van der Waals surface area contributed by atoms with Gasteiger partial charge < -0.3 is 20.3 Å². The number of hydrogen-bond donors (Lipinski definition) is 3. The predicted octanol–water partition coefficient (Wildman–Crippen LogP) is 4.55. The molecule has 10 nitrogen and oxygen atoms in total. The Bertz CT molecular complexity index is 1320. The van der Waals surface area contributed by atoms with Crippen molar-refractivity contribution >= 4 is 40.2 Å². The zero-order valence-electron chi connectivity index (χ0n) is 19.1. The van der Waals surface area contributed by atoms with Gasteiger partial charge >= 0.3 is 12.2 Å². The number of ether oxygens (including phenoxy) is 2. The van der Waals surface area contributed by atoms with E-state index < -0.39 is 23.6 Å². The Morgan fingerprint density at radius 1 is 1.24 bits per heavy atom. The highest BCUT2D eigenvalue weighted by molar-refractivity contribution is 6.04. The number of carbonyl (C=O) groups is 2. The number of hydrogen-bond acceptors (Lipinski definition) is 7. The van der Waals surface area contributed by atoms with Gasteiger partial charge in [-0.1, -0.05) is 0 Å². The molecule has 4 rings (SSSR count). The van der Waals surface area contributed by atoms with Crippen LogP contribution in [-0.4, -0.2) is 46.0 Å². The van der Waals surface area contributed by atoms with Crippen LogP contribution in [0.5, 0.6) is 5.88 Å². The lowest BCUT2D eigenvalue weighted by atomic mass is 9.96. The number of fused-ring (bicyclic) bond motifs is 2. The molecule has 1 aromatic carbocycles. The number of carboxylic acid groups (broad SMARTS) is 1. The maximum Gasteiger partial charge on any atom is 0.412 e. The van der Waals surface area contributed by atoms with Crippen LogP contribution in [0, 0.1) is 12.7 Å². The fourth-order valence-corrected chi connectivity index (χ4v) is 3.81. The summed E-state index contributed by atoms with van der Waals surface area (Å²) >= 11 is 0. The number of anilines is 3. The number of benzene rings is 1. The zero-order valence-corrected chi connectivity index (χ0v) is 19.1. The number of halogens is 1. The van der Waals surface area contributed by atoms with E-state index in [0.717, 1.165) is 4.90 Å². The second kappa shape index (κ2) is 8.32. The van der Waals surface area contributed by atoms with Crippen molar-refractivity contribution in [1.82, 2.24) is 9.97 Å². The summed E-state index contributed by atoms with van der Waals surface area (Å²) in [6, 6.07) is 3.10. The van der Waals surface area contributed by atoms with Gasteiger partial charge in [-0.15, -0.1) is 0 Å². The van der Waals surface area contributed by atoms with E-state index in [1.54, 1.807) is 39.8 Å². The molecule has 11 heteroatoms. The summed E-state index contributed by atoms with van der Waals surface area (Å²) < 4.78 is 26.7. The second-order valence-corrected chi connectivity index (χ2v) is 8.80. The molecule has 3 aromatic rings. The van der Waals surface area contributed by atoms with Gasteiger partial charge in [0.15, 0.2) is 5.82 Å². The Kier molecular flexibility index (Phi) is 5.64. The molecule has 0 atom stereocenters. The molecule has 1 aliphatic rings. The van der Waals surface area contributed by atoms with Gasteiger partial charge in [-0.05, 0) is 50.8 Å². The Labute approximate surface area is 194 Å². The lowest BCUT2D eigenvalue weighted by Crippen LogP contribution is -2.37. The summed E-state index contributed by atoms with van der Waals surface area (Å²) in [6.07, 6.45) is 0.762. The number of rotatable bonds is 2. The third-order valence-corrected chi connectivity index (χ3v) is 5.23. The minimum Gasteiger partial charge on any atom is -0.474 e. The molecular weight excluding hydrogens is 445 g/mol. The molecule has 2 amide bonds. The minimum atomic E-state index is -1.17. The fraction of sp³-hybridized carbons (Fsp3) is 0.304. The summed E-state index contributed by atoms with van der Waals surface area (Å²) in [5, 5.41) is 12.9. The summed E-state index contributed by atoms with van der Waals surface area (Å²) in [4.78, 5) is 33.6. The third kappa shape index (κ3) is 4.24. The van der Waals surface area contributed by atoms with Crippen molar-refractivity contribution in [2.45, 2.75) is 33.3 Å². The summed E-state index contributed by atoms with van der Waals surface area (Å²) in [7, 11) is 0. The van der Waals surface area contributed by atoms with Crippen molar-refractivity contribution in [2.24, 2.45) is 0 Å². The first kappa shape index (κ1) is 23.0. The predicted molar refractivity (Wildman–Crippen MR) is 125 cm³/mol. The van der Waals surface area contributed by atoms with Crippen LogP contribution >= 0.6 is 0 Å². The molecule has 0 saturated heterocycles. The van der Waals surface area contributed by atoms with Gasteiger partial charge in [0, 0.05) is 28.9 Å². The average Bonchev–Trinajstić information content (AvgIpc) is 2.74. The van der Waals surface area contributed by atoms with Crippen LogP contribution in [0.4, 0.5) is 31.2 Å². The number of aromatic nitrogens is 2. The molecule has 3 heterocycles. The summed E-state index contributed by atoms with van der Waals surface area (Å²) in [5.74, 6) is -0.399. The van der Waals surface area contributed by atoms with Crippen molar-refractivity contribution < 1.29 is 28.6 Å². The number of nitrogen functional groups attached to an aromatic ring is 1. The lowest BCUT2D eigenvalue weighted by Gasteiger charge is -2.29. The van der Waals surface area contributed by atoms with E-state index >= 15 is 4.39 Å². The highest BCUT2D eigenvalue weighted by Crippen LogP contribution is 2.42. The van der Waals surface area contributed by atoms with Gasteiger partial charge in [0.1, 0.15) is 23.7 Å². The quantitative estimate of drug-likeness (QED) is 0.497. The van der Waals surface area contributed by atoms with Crippen LogP contribution in [-0.2, 0) is 4.74 Å². The van der Waals surface area contributed by atoms with Gasteiger partial charge in [-0.25, -0.2) is 23.9 Å². The zero-order chi connectivity index (χ0) is 24.8. The Balaban J connectivity index is 1.92. The largest absolute Gasteiger partial charge is 0.474 e. The Hall–Kier alpha value is -4.15. The van der Waals surface area contributed by atoms with E-state index in [-0.39, 0.29) is 41.8 Å². The number of nitrogens with zero attached hydrogens (tertiary/aromatic N) is 3. The van der Waals surface area contributed by atoms with Crippen LogP contribution in [0.2, 0.25) is 0 Å². The molecule has 0 spiro atoms. The van der Waals surface area contributed by atoms with E-state index in [1.807, 2.05) is 0 Å². The summed E-state index contributed by atoms with van der Waals surface area (Å²) in [5.41, 5.74) is 6.02. The lowest BCUT2D eigenvalue weighted by molar-refractivity contribution is 0.0635. The SMILES string of the molecule is Cc1c(-c2cc3cc(N)ncc3c(NC(=O)OC(C)(C)C)c2F)cnc2c1N(C(=O)O)CCO2. The highest BCUT2D eigenvalue weighted by atomic mass is 19.1. The minimum absolute atomic E-state index is 0.0906. The number of pyridine rings is 2. The van der Waals surface area contributed by atoms with Crippen molar-refractivity contribution in [3.05, 3.63) is 35.9 Å². The standard InChI is InChI=1S/C23H24FN5O5/c1-11-14(9-27-20-19(11)29(22(31)32)5-6-33-20)13-7-12-8-16(25)26-10-15(12)18(17(13)24)28-21(30)34-23(2,3)4/h7-10H,5-6H2,1-4H3,(H2,25,26)(H,28,30)(H,31,32).